The van der Waals surface area contributed by atoms with Crippen molar-refractivity contribution in [3.8, 4) is 0 Å². The van der Waals surface area contributed by atoms with Crippen LogP contribution in [0.15, 0.2) is 15.9 Å². The van der Waals surface area contributed by atoms with Gasteiger partial charge in [0.05, 0.1) is 0 Å². The van der Waals surface area contributed by atoms with Crippen LogP contribution in [0.3, 0.4) is 0 Å². The van der Waals surface area contributed by atoms with Crippen LogP contribution < -0.4 is 5.32 Å². The SMILES string of the molecule is O=C(NCC1CCCC1Cl)c1sccc1Br. The number of hydrogen-bond donors (Lipinski definition) is 1. The molecule has 88 valence electrons. The molecule has 0 bridgehead atoms. The number of amides is 1. The summed E-state index contributed by atoms with van der Waals surface area (Å²) in [4.78, 5) is 12.6. The van der Waals surface area contributed by atoms with Crippen LogP contribution in [0.2, 0.25) is 0 Å². The Kier molecular flexibility index (Phi) is 4.27. The minimum Gasteiger partial charge on any atom is -0.351 e. The van der Waals surface area contributed by atoms with Gasteiger partial charge in [0, 0.05) is 16.4 Å². The zero-order valence-electron chi connectivity index (χ0n) is 8.71. The summed E-state index contributed by atoms with van der Waals surface area (Å²) >= 11 is 11.0. The van der Waals surface area contributed by atoms with Gasteiger partial charge in [0.25, 0.3) is 5.91 Å². The van der Waals surface area contributed by atoms with E-state index in [0.29, 0.717) is 12.5 Å². The highest BCUT2D eigenvalue weighted by atomic mass is 79.9. The van der Waals surface area contributed by atoms with Gasteiger partial charge in [-0.1, -0.05) is 6.42 Å². The molecule has 5 heteroatoms. The molecule has 2 nitrogen and oxygen atoms in total. The van der Waals surface area contributed by atoms with Crippen LogP contribution in [0.1, 0.15) is 28.9 Å². The van der Waals surface area contributed by atoms with Gasteiger partial charge in [0.1, 0.15) is 4.88 Å². The molecule has 0 aromatic carbocycles. The third-order valence-corrected chi connectivity index (χ3v) is 5.33. The molecular weight excluding hydrogens is 310 g/mol. The summed E-state index contributed by atoms with van der Waals surface area (Å²) in [6.45, 7) is 0.692. The summed E-state index contributed by atoms with van der Waals surface area (Å²) in [5, 5.41) is 5.09. The maximum Gasteiger partial charge on any atom is 0.262 e. The molecule has 0 aliphatic heterocycles. The fraction of sp³-hybridized carbons (Fsp3) is 0.545. The molecule has 0 radical (unpaired) electrons. The molecule has 1 heterocycles. The van der Waals surface area contributed by atoms with Crippen molar-refractivity contribution in [2.75, 3.05) is 6.54 Å². The highest BCUT2D eigenvalue weighted by Crippen LogP contribution is 2.29. The Hall–Kier alpha value is -0.0600. The minimum absolute atomic E-state index is 0.00218. The third-order valence-electron chi connectivity index (χ3n) is 2.91. The lowest BCUT2D eigenvalue weighted by molar-refractivity contribution is 0.0951. The van der Waals surface area contributed by atoms with Crippen molar-refractivity contribution < 1.29 is 4.79 Å². The number of alkyl halides is 1. The maximum absolute atomic E-state index is 11.8. The standard InChI is InChI=1S/C11H13BrClNOS/c12-8-4-5-16-10(8)11(15)14-6-7-2-1-3-9(7)13/h4-5,7,9H,1-3,6H2,(H,14,15). The van der Waals surface area contributed by atoms with Gasteiger partial charge < -0.3 is 5.32 Å². The summed E-state index contributed by atoms with van der Waals surface area (Å²) < 4.78 is 0.865. The minimum atomic E-state index is -0.00218. The van der Waals surface area contributed by atoms with Gasteiger partial charge in [-0.15, -0.1) is 22.9 Å². The van der Waals surface area contributed by atoms with Crippen LogP contribution >= 0.6 is 38.9 Å². The summed E-state index contributed by atoms with van der Waals surface area (Å²) in [5.74, 6) is 0.432. The first-order chi connectivity index (χ1) is 7.68. The molecule has 2 rings (SSSR count). The number of thiophene rings is 1. The predicted molar refractivity (Wildman–Crippen MR) is 71.3 cm³/mol. The summed E-state index contributed by atoms with van der Waals surface area (Å²) in [6, 6.07) is 1.89. The Bertz CT molecular complexity index is 382. The van der Waals surface area contributed by atoms with Crippen molar-refractivity contribution in [3.63, 3.8) is 0 Å². The largest absolute Gasteiger partial charge is 0.351 e. The van der Waals surface area contributed by atoms with E-state index in [-0.39, 0.29) is 11.3 Å². The van der Waals surface area contributed by atoms with E-state index in [0.717, 1.165) is 22.2 Å². The molecule has 1 N–H and O–H groups in total. The monoisotopic (exact) mass is 321 g/mol. The highest BCUT2D eigenvalue weighted by Gasteiger charge is 2.25. The normalized spacial score (nSPS) is 24.6. The first-order valence-corrected chi connectivity index (χ1v) is 7.44. The van der Waals surface area contributed by atoms with Crippen LogP contribution in [0, 0.1) is 5.92 Å². The van der Waals surface area contributed by atoms with Crippen LogP contribution in [0.25, 0.3) is 0 Å². The third kappa shape index (κ3) is 2.79. The van der Waals surface area contributed by atoms with Crippen molar-refractivity contribution >= 4 is 44.8 Å². The van der Waals surface area contributed by atoms with Crippen LogP contribution in [-0.2, 0) is 0 Å². The molecule has 16 heavy (non-hydrogen) atoms. The van der Waals surface area contributed by atoms with Gasteiger partial charge in [0.2, 0.25) is 0 Å². The molecule has 1 aromatic heterocycles. The molecule has 1 amide bonds. The Balaban J connectivity index is 1.86. The topological polar surface area (TPSA) is 29.1 Å². The van der Waals surface area contributed by atoms with Crippen LogP contribution in [0.4, 0.5) is 0 Å². The van der Waals surface area contributed by atoms with Gasteiger partial charge in [0.15, 0.2) is 0 Å². The lowest BCUT2D eigenvalue weighted by Crippen LogP contribution is -2.30. The predicted octanol–water partition coefficient (Wildman–Crippen LogP) is 3.65. The number of carbonyl (C=O) groups is 1. The quantitative estimate of drug-likeness (QED) is 0.846. The Morgan fingerprint density at radius 2 is 2.44 bits per heavy atom. The second kappa shape index (κ2) is 5.52. The molecule has 1 saturated carbocycles. The lowest BCUT2D eigenvalue weighted by Gasteiger charge is -2.14. The first-order valence-electron chi connectivity index (χ1n) is 5.33. The smallest absolute Gasteiger partial charge is 0.262 e. The Labute approximate surface area is 113 Å². The van der Waals surface area contributed by atoms with Gasteiger partial charge in [-0.3, -0.25) is 4.79 Å². The van der Waals surface area contributed by atoms with Crippen molar-refractivity contribution in [1.29, 1.82) is 0 Å². The summed E-state index contributed by atoms with van der Waals surface area (Å²) in [6.07, 6.45) is 3.38. The van der Waals surface area contributed by atoms with Crippen LogP contribution in [-0.4, -0.2) is 17.8 Å². The summed E-state index contributed by atoms with van der Waals surface area (Å²) in [7, 11) is 0. The van der Waals surface area contributed by atoms with Gasteiger partial charge in [-0.2, -0.15) is 0 Å². The van der Waals surface area contributed by atoms with Crippen molar-refractivity contribution in [2.24, 2.45) is 5.92 Å². The molecule has 2 atom stereocenters. The van der Waals surface area contributed by atoms with Gasteiger partial charge >= 0.3 is 0 Å². The maximum atomic E-state index is 11.8. The molecule has 0 spiro atoms. The Morgan fingerprint density at radius 3 is 3.00 bits per heavy atom. The zero-order chi connectivity index (χ0) is 11.5. The van der Waals surface area contributed by atoms with Crippen molar-refractivity contribution in [3.05, 3.63) is 20.8 Å². The van der Waals surface area contributed by atoms with E-state index in [4.69, 9.17) is 11.6 Å². The number of halogens is 2. The van der Waals surface area contributed by atoms with E-state index in [1.165, 1.54) is 17.8 Å². The molecule has 1 aliphatic carbocycles. The second-order valence-electron chi connectivity index (χ2n) is 4.01. The molecule has 0 saturated heterocycles. The fourth-order valence-corrected chi connectivity index (χ4v) is 3.82. The average Bonchev–Trinajstić information content (AvgIpc) is 2.84. The molecular formula is C11H13BrClNOS. The van der Waals surface area contributed by atoms with E-state index in [9.17, 15) is 4.79 Å². The van der Waals surface area contributed by atoms with E-state index in [2.05, 4.69) is 21.2 Å². The second-order valence-corrected chi connectivity index (χ2v) is 6.35. The highest BCUT2D eigenvalue weighted by molar-refractivity contribution is 9.10. The number of hydrogen-bond acceptors (Lipinski definition) is 2. The van der Waals surface area contributed by atoms with E-state index in [1.807, 2.05) is 11.4 Å². The molecule has 2 unspecified atom stereocenters. The van der Waals surface area contributed by atoms with Gasteiger partial charge in [-0.25, -0.2) is 0 Å². The van der Waals surface area contributed by atoms with E-state index >= 15 is 0 Å². The Morgan fingerprint density at radius 1 is 1.62 bits per heavy atom. The average molecular weight is 323 g/mol. The summed E-state index contributed by atoms with van der Waals surface area (Å²) in [5.41, 5.74) is 0. The number of nitrogens with one attached hydrogen (secondary N) is 1. The van der Waals surface area contributed by atoms with E-state index < -0.39 is 0 Å². The molecule has 1 fully saturated rings. The molecule has 1 aromatic rings. The lowest BCUT2D eigenvalue weighted by atomic mass is 10.1. The number of carbonyl (C=O) groups excluding carboxylic acids is 1. The number of rotatable bonds is 3. The van der Waals surface area contributed by atoms with E-state index in [1.54, 1.807) is 0 Å². The zero-order valence-corrected chi connectivity index (χ0v) is 11.9. The fourth-order valence-electron chi connectivity index (χ4n) is 1.98. The van der Waals surface area contributed by atoms with Crippen molar-refractivity contribution in [1.82, 2.24) is 5.32 Å². The van der Waals surface area contributed by atoms with Gasteiger partial charge in [-0.05, 0) is 46.1 Å². The van der Waals surface area contributed by atoms with Crippen molar-refractivity contribution in [2.45, 2.75) is 24.6 Å². The first kappa shape index (κ1) is 12.4. The van der Waals surface area contributed by atoms with Crippen LogP contribution in [0.5, 0.6) is 0 Å². The molecule has 1 aliphatic rings.